The van der Waals surface area contributed by atoms with Gasteiger partial charge in [0.2, 0.25) is 0 Å². The lowest BCUT2D eigenvalue weighted by Crippen LogP contribution is -2.22. The van der Waals surface area contributed by atoms with Crippen LogP contribution in [-0.2, 0) is 0 Å². The van der Waals surface area contributed by atoms with Gasteiger partial charge in [0.15, 0.2) is 5.82 Å². The monoisotopic (exact) mass is 343 g/mol. The molecule has 4 aromatic rings. The van der Waals surface area contributed by atoms with Gasteiger partial charge >= 0.3 is 5.69 Å². The molecule has 0 unspecified atom stereocenters. The lowest BCUT2D eigenvalue weighted by molar-refractivity contribution is 0.415. The van der Waals surface area contributed by atoms with Crippen molar-refractivity contribution in [2.45, 2.75) is 0 Å². The molecule has 26 heavy (non-hydrogen) atoms. The second kappa shape index (κ2) is 6.72. The first-order valence-corrected chi connectivity index (χ1v) is 8.25. The summed E-state index contributed by atoms with van der Waals surface area (Å²) in [7, 11) is 1.62. The van der Waals surface area contributed by atoms with Gasteiger partial charge in [-0.1, -0.05) is 36.4 Å². The number of hydrogen-bond acceptors (Lipinski definition) is 3. The summed E-state index contributed by atoms with van der Waals surface area (Å²) in [5.41, 5.74) is 2.11. The van der Waals surface area contributed by atoms with E-state index in [0.717, 1.165) is 22.7 Å². The van der Waals surface area contributed by atoms with Crippen molar-refractivity contribution < 1.29 is 4.74 Å². The summed E-state index contributed by atoms with van der Waals surface area (Å²) in [5.74, 6) is 1.33. The Morgan fingerprint density at radius 3 is 1.92 bits per heavy atom. The van der Waals surface area contributed by atoms with Gasteiger partial charge in [-0.15, -0.1) is 5.10 Å². The molecule has 5 heteroatoms. The maximum absolute atomic E-state index is 13.1. The lowest BCUT2D eigenvalue weighted by Gasteiger charge is -2.06. The SMILES string of the molecule is COc1ccc(-c2nn(-c3ccccc3)c(=O)n2-c2ccccc2)cc1. The highest BCUT2D eigenvalue weighted by Gasteiger charge is 2.17. The molecule has 5 nitrogen and oxygen atoms in total. The molecule has 0 bridgehead atoms. The van der Waals surface area contributed by atoms with E-state index < -0.39 is 0 Å². The summed E-state index contributed by atoms with van der Waals surface area (Å²) >= 11 is 0. The Bertz CT molecular complexity index is 1070. The number of hydrogen-bond donors (Lipinski definition) is 0. The number of para-hydroxylation sites is 2. The zero-order valence-electron chi connectivity index (χ0n) is 14.2. The Balaban J connectivity index is 1.96. The molecule has 0 saturated heterocycles. The molecule has 128 valence electrons. The van der Waals surface area contributed by atoms with Crippen LogP contribution >= 0.6 is 0 Å². The van der Waals surface area contributed by atoms with Gasteiger partial charge in [0.25, 0.3) is 0 Å². The van der Waals surface area contributed by atoms with E-state index in [1.807, 2.05) is 84.9 Å². The predicted octanol–water partition coefficient (Wildman–Crippen LogP) is 3.70. The van der Waals surface area contributed by atoms with E-state index >= 15 is 0 Å². The molecule has 0 amide bonds. The maximum Gasteiger partial charge on any atom is 0.355 e. The van der Waals surface area contributed by atoms with Crippen molar-refractivity contribution in [1.29, 1.82) is 0 Å². The third-order valence-corrected chi connectivity index (χ3v) is 4.14. The summed E-state index contributed by atoms with van der Waals surface area (Å²) in [6.07, 6.45) is 0. The van der Waals surface area contributed by atoms with Gasteiger partial charge in [0, 0.05) is 5.56 Å². The average Bonchev–Trinajstić information content (AvgIpc) is 3.06. The normalized spacial score (nSPS) is 10.7. The number of aromatic nitrogens is 3. The summed E-state index contributed by atoms with van der Waals surface area (Å²) in [6, 6.07) is 26.4. The molecule has 0 saturated carbocycles. The van der Waals surface area contributed by atoms with E-state index in [1.54, 1.807) is 11.7 Å². The van der Waals surface area contributed by atoms with Crippen LogP contribution in [0.25, 0.3) is 22.8 Å². The first-order chi connectivity index (χ1) is 12.8. The standard InChI is InChI=1S/C21H17N3O2/c1-26-19-14-12-16(13-15-19)20-22-24(18-10-6-3-7-11-18)21(25)23(20)17-8-4-2-5-9-17/h2-15H,1H3. The van der Waals surface area contributed by atoms with Crippen LogP contribution in [-0.4, -0.2) is 21.5 Å². The highest BCUT2D eigenvalue weighted by atomic mass is 16.5. The van der Waals surface area contributed by atoms with E-state index in [4.69, 9.17) is 4.74 Å². The van der Waals surface area contributed by atoms with Gasteiger partial charge in [0.05, 0.1) is 18.5 Å². The number of methoxy groups -OCH3 is 1. The molecule has 0 atom stereocenters. The van der Waals surface area contributed by atoms with Gasteiger partial charge in [-0.25, -0.2) is 9.36 Å². The van der Waals surface area contributed by atoms with Crippen LogP contribution in [0, 0.1) is 0 Å². The van der Waals surface area contributed by atoms with Crippen molar-refractivity contribution in [3.63, 3.8) is 0 Å². The topological polar surface area (TPSA) is 49.1 Å². The van der Waals surface area contributed by atoms with E-state index in [-0.39, 0.29) is 5.69 Å². The van der Waals surface area contributed by atoms with Crippen molar-refractivity contribution in [1.82, 2.24) is 14.3 Å². The second-order valence-electron chi connectivity index (χ2n) is 5.75. The zero-order chi connectivity index (χ0) is 17.9. The molecule has 0 spiro atoms. The van der Waals surface area contributed by atoms with Crippen molar-refractivity contribution in [3.05, 3.63) is 95.4 Å². The minimum Gasteiger partial charge on any atom is -0.497 e. The summed E-state index contributed by atoms with van der Waals surface area (Å²) in [4.78, 5) is 13.1. The molecular formula is C21H17N3O2. The fourth-order valence-electron chi connectivity index (χ4n) is 2.84. The van der Waals surface area contributed by atoms with E-state index in [2.05, 4.69) is 5.10 Å². The van der Waals surface area contributed by atoms with E-state index in [1.165, 1.54) is 4.68 Å². The molecule has 0 aliphatic heterocycles. The first kappa shape index (κ1) is 15.9. The molecule has 0 fully saturated rings. The second-order valence-corrected chi connectivity index (χ2v) is 5.75. The molecule has 0 N–H and O–H groups in total. The van der Waals surface area contributed by atoms with Gasteiger partial charge < -0.3 is 4.74 Å². The fourth-order valence-corrected chi connectivity index (χ4v) is 2.84. The number of benzene rings is 3. The van der Waals surface area contributed by atoms with Crippen LogP contribution in [0.1, 0.15) is 0 Å². The molecule has 0 radical (unpaired) electrons. The molecule has 1 heterocycles. The van der Waals surface area contributed by atoms with Crippen LogP contribution in [0.15, 0.2) is 89.7 Å². The Labute approximate surface area is 150 Å². The van der Waals surface area contributed by atoms with Crippen molar-refractivity contribution in [2.75, 3.05) is 7.11 Å². The Kier molecular flexibility index (Phi) is 4.11. The van der Waals surface area contributed by atoms with Gasteiger partial charge in [0.1, 0.15) is 5.75 Å². The minimum atomic E-state index is -0.215. The summed E-state index contributed by atoms with van der Waals surface area (Å²) in [6.45, 7) is 0. The molecule has 0 aliphatic rings. The zero-order valence-corrected chi connectivity index (χ0v) is 14.2. The average molecular weight is 343 g/mol. The maximum atomic E-state index is 13.1. The summed E-state index contributed by atoms with van der Waals surface area (Å²) < 4.78 is 8.27. The predicted molar refractivity (Wildman–Crippen MR) is 101 cm³/mol. The van der Waals surface area contributed by atoms with Crippen LogP contribution in [0.5, 0.6) is 5.75 Å². The number of nitrogens with zero attached hydrogens (tertiary/aromatic N) is 3. The fraction of sp³-hybridized carbons (Fsp3) is 0.0476. The minimum absolute atomic E-state index is 0.215. The first-order valence-electron chi connectivity index (χ1n) is 8.25. The molecule has 1 aromatic heterocycles. The molecule has 4 rings (SSSR count). The quantitative estimate of drug-likeness (QED) is 0.568. The van der Waals surface area contributed by atoms with E-state index in [9.17, 15) is 4.79 Å². The third-order valence-electron chi connectivity index (χ3n) is 4.14. The number of rotatable bonds is 4. The highest BCUT2D eigenvalue weighted by molar-refractivity contribution is 5.59. The Hall–Kier alpha value is -3.60. The highest BCUT2D eigenvalue weighted by Crippen LogP contribution is 2.23. The largest absolute Gasteiger partial charge is 0.497 e. The van der Waals surface area contributed by atoms with Crippen molar-refractivity contribution in [3.8, 4) is 28.5 Å². The van der Waals surface area contributed by atoms with E-state index in [0.29, 0.717) is 5.82 Å². The van der Waals surface area contributed by atoms with Crippen molar-refractivity contribution >= 4 is 0 Å². The smallest absolute Gasteiger partial charge is 0.355 e. The van der Waals surface area contributed by atoms with Crippen LogP contribution in [0.3, 0.4) is 0 Å². The summed E-state index contributed by atoms with van der Waals surface area (Å²) in [5, 5.41) is 4.61. The van der Waals surface area contributed by atoms with Crippen LogP contribution in [0.2, 0.25) is 0 Å². The van der Waals surface area contributed by atoms with Crippen molar-refractivity contribution in [2.24, 2.45) is 0 Å². The Morgan fingerprint density at radius 1 is 0.769 bits per heavy atom. The number of ether oxygens (including phenoxy) is 1. The van der Waals surface area contributed by atoms with Gasteiger partial charge in [-0.2, -0.15) is 4.68 Å². The lowest BCUT2D eigenvalue weighted by atomic mass is 10.2. The molecule has 0 aliphatic carbocycles. The third kappa shape index (κ3) is 2.80. The van der Waals surface area contributed by atoms with Crippen LogP contribution < -0.4 is 10.4 Å². The van der Waals surface area contributed by atoms with Gasteiger partial charge in [-0.3, -0.25) is 0 Å². The Morgan fingerprint density at radius 2 is 1.35 bits per heavy atom. The molecule has 3 aromatic carbocycles. The molecular weight excluding hydrogens is 326 g/mol. The van der Waals surface area contributed by atoms with Gasteiger partial charge in [-0.05, 0) is 48.5 Å². The van der Waals surface area contributed by atoms with Crippen LogP contribution in [0.4, 0.5) is 0 Å².